The molecular weight excluding hydrogens is 228 g/mol. The fourth-order valence-corrected chi connectivity index (χ4v) is 2.63. The zero-order valence-corrected chi connectivity index (χ0v) is 11.0. The molecule has 0 saturated heterocycles. The first-order valence-corrected chi connectivity index (χ1v) is 6.49. The van der Waals surface area contributed by atoms with Crippen molar-refractivity contribution in [2.75, 3.05) is 13.6 Å². The maximum Gasteiger partial charge on any atom is 0.124 e. The molecule has 4 N–H and O–H groups in total. The second kappa shape index (κ2) is 5.16. The first-order chi connectivity index (χ1) is 8.56. The van der Waals surface area contributed by atoms with Crippen LogP contribution in [0.2, 0.25) is 0 Å². The number of phenols is 2. The van der Waals surface area contributed by atoms with Gasteiger partial charge in [0.2, 0.25) is 0 Å². The number of hydrogen-bond donors (Lipinski definition) is 3. The molecule has 1 aliphatic carbocycles. The predicted molar refractivity (Wildman–Crippen MR) is 71.5 cm³/mol. The predicted octanol–water partition coefficient (Wildman–Crippen LogP) is 1.83. The van der Waals surface area contributed by atoms with Crippen LogP contribution in [-0.4, -0.2) is 34.7 Å². The maximum atomic E-state index is 9.90. The molecule has 1 fully saturated rings. The Kier molecular flexibility index (Phi) is 3.78. The van der Waals surface area contributed by atoms with Crippen LogP contribution in [-0.2, 0) is 0 Å². The third kappa shape index (κ3) is 2.44. The van der Waals surface area contributed by atoms with E-state index in [0.717, 1.165) is 0 Å². The van der Waals surface area contributed by atoms with Gasteiger partial charge >= 0.3 is 0 Å². The van der Waals surface area contributed by atoms with Crippen molar-refractivity contribution in [3.8, 4) is 11.5 Å². The summed E-state index contributed by atoms with van der Waals surface area (Å²) in [5.74, 6) is 0.942. The summed E-state index contributed by atoms with van der Waals surface area (Å²) in [6.45, 7) is 2.60. The number of hydrogen-bond acceptors (Lipinski definition) is 4. The van der Waals surface area contributed by atoms with Gasteiger partial charge in [0.05, 0.1) is 5.56 Å². The minimum atomic E-state index is -0.0552. The normalized spacial score (nSPS) is 18.9. The Labute approximate surface area is 108 Å². The minimum Gasteiger partial charge on any atom is -0.507 e. The molecule has 4 heteroatoms. The van der Waals surface area contributed by atoms with Crippen LogP contribution in [0.1, 0.15) is 31.4 Å². The van der Waals surface area contributed by atoms with E-state index in [1.54, 1.807) is 18.2 Å². The zero-order chi connectivity index (χ0) is 13.3. The van der Waals surface area contributed by atoms with Gasteiger partial charge in [-0.25, -0.2) is 0 Å². The van der Waals surface area contributed by atoms with E-state index in [-0.39, 0.29) is 17.5 Å². The molecule has 2 unspecified atom stereocenters. The number of likely N-dealkylation sites (N-methyl/N-ethyl adjacent to an activating group) is 1. The van der Waals surface area contributed by atoms with Gasteiger partial charge in [-0.05, 0) is 44.9 Å². The summed E-state index contributed by atoms with van der Waals surface area (Å²) < 4.78 is 0. The molecular formula is C14H22N2O2. The van der Waals surface area contributed by atoms with Crippen LogP contribution >= 0.6 is 0 Å². The lowest BCUT2D eigenvalue weighted by Crippen LogP contribution is -2.41. The quantitative estimate of drug-likeness (QED) is 0.745. The molecule has 0 amide bonds. The monoisotopic (exact) mass is 250 g/mol. The van der Waals surface area contributed by atoms with E-state index in [1.165, 1.54) is 12.8 Å². The van der Waals surface area contributed by atoms with Gasteiger partial charge in [0.1, 0.15) is 11.5 Å². The molecule has 0 spiro atoms. The fraction of sp³-hybridized carbons (Fsp3) is 0.571. The van der Waals surface area contributed by atoms with Crippen molar-refractivity contribution in [3.63, 3.8) is 0 Å². The summed E-state index contributed by atoms with van der Waals surface area (Å²) in [4.78, 5) is 2.16. The average Bonchev–Trinajstić information content (AvgIpc) is 3.14. The lowest BCUT2D eigenvalue weighted by molar-refractivity contribution is 0.165. The molecule has 4 nitrogen and oxygen atoms in total. The second-order valence-electron chi connectivity index (χ2n) is 5.19. The van der Waals surface area contributed by atoms with E-state index in [4.69, 9.17) is 5.73 Å². The smallest absolute Gasteiger partial charge is 0.124 e. The van der Waals surface area contributed by atoms with E-state index < -0.39 is 0 Å². The van der Waals surface area contributed by atoms with E-state index in [2.05, 4.69) is 4.90 Å². The fourth-order valence-electron chi connectivity index (χ4n) is 2.63. The molecule has 0 aromatic heterocycles. The SMILES string of the molecule is CC(c1c(O)cccc1O)N(C)C(CN)C1CC1. The van der Waals surface area contributed by atoms with Gasteiger partial charge in [-0.3, -0.25) is 4.90 Å². The van der Waals surface area contributed by atoms with Crippen LogP contribution in [0.4, 0.5) is 0 Å². The van der Waals surface area contributed by atoms with Crippen LogP contribution in [0.25, 0.3) is 0 Å². The average molecular weight is 250 g/mol. The molecule has 0 radical (unpaired) electrons. The van der Waals surface area contributed by atoms with Crippen molar-refractivity contribution >= 4 is 0 Å². The third-order valence-electron chi connectivity index (χ3n) is 4.02. The van der Waals surface area contributed by atoms with Gasteiger partial charge in [0.25, 0.3) is 0 Å². The number of aromatic hydroxyl groups is 2. The third-order valence-corrected chi connectivity index (χ3v) is 4.02. The second-order valence-corrected chi connectivity index (χ2v) is 5.19. The molecule has 0 heterocycles. The van der Waals surface area contributed by atoms with Crippen molar-refractivity contribution in [1.29, 1.82) is 0 Å². The van der Waals surface area contributed by atoms with Crippen LogP contribution in [0.15, 0.2) is 18.2 Å². The van der Waals surface area contributed by atoms with E-state index >= 15 is 0 Å². The van der Waals surface area contributed by atoms with E-state index in [0.29, 0.717) is 24.1 Å². The Balaban J connectivity index is 2.21. The summed E-state index contributed by atoms with van der Waals surface area (Å²) in [5.41, 5.74) is 6.42. The highest BCUT2D eigenvalue weighted by Crippen LogP contribution is 2.40. The highest BCUT2D eigenvalue weighted by atomic mass is 16.3. The molecule has 1 aromatic carbocycles. The molecule has 2 atom stereocenters. The largest absolute Gasteiger partial charge is 0.507 e. The van der Waals surface area contributed by atoms with Crippen LogP contribution < -0.4 is 5.73 Å². The number of nitrogens with zero attached hydrogens (tertiary/aromatic N) is 1. The summed E-state index contributed by atoms with van der Waals surface area (Å²) >= 11 is 0. The molecule has 1 aromatic rings. The molecule has 0 bridgehead atoms. The summed E-state index contributed by atoms with van der Waals surface area (Å²) in [7, 11) is 2.01. The Hall–Kier alpha value is -1.26. The highest BCUT2D eigenvalue weighted by molar-refractivity contribution is 5.45. The Morgan fingerprint density at radius 3 is 2.33 bits per heavy atom. The van der Waals surface area contributed by atoms with Gasteiger partial charge < -0.3 is 15.9 Å². The van der Waals surface area contributed by atoms with Crippen molar-refractivity contribution in [1.82, 2.24) is 4.90 Å². The molecule has 100 valence electrons. The number of benzene rings is 1. The summed E-state index contributed by atoms with van der Waals surface area (Å²) in [5, 5.41) is 19.8. The maximum absolute atomic E-state index is 9.90. The minimum absolute atomic E-state index is 0.0552. The molecule has 1 aliphatic rings. The summed E-state index contributed by atoms with van der Waals surface area (Å²) in [6.07, 6.45) is 2.46. The highest BCUT2D eigenvalue weighted by Gasteiger charge is 2.35. The Morgan fingerprint density at radius 1 is 1.33 bits per heavy atom. The van der Waals surface area contributed by atoms with Gasteiger partial charge in [-0.15, -0.1) is 0 Å². The first-order valence-electron chi connectivity index (χ1n) is 6.49. The van der Waals surface area contributed by atoms with Crippen molar-refractivity contribution in [2.24, 2.45) is 11.7 Å². The number of rotatable bonds is 5. The van der Waals surface area contributed by atoms with Crippen molar-refractivity contribution < 1.29 is 10.2 Å². The number of phenolic OH excluding ortho intramolecular Hbond substituents is 2. The lowest BCUT2D eigenvalue weighted by Gasteiger charge is -2.33. The van der Waals surface area contributed by atoms with Gasteiger partial charge in [-0.2, -0.15) is 0 Å². The Morgan fingerprint density at radius 2 is 1.89 bits per heavy atom. The molecule has 18 heavy (non-hydrogen) atoms. The molecule has 2 rings (SSSR count). The molecule has 1 saturated carbocycles. The van der Waals surface area contributed by atoms with Crippen LogP contribution in [0, 0.1) is 5.92 Å². The lowest BCUT2D eigenvalue weighted by atomic mass is 10.0. The van der Waals surface area contributed by atoms with Gasteiger partial charge in [0, 0.05) is 18.6 Å². The van der Waals surface area contributed by atoms with Crippen LogP contribution in [0.5, 0.6) is 11.5 Å². The summed E-state index contributed by atoms with van der Waals surface area (Å²) in [6, 6.07) is 5.11. The topological polar surface area (TPSA) is 69.7 Å². The van der Waals surface area contributed by atoms with Crippen molar-refractivity contribution in [3.05, 3.63) is 23.8 Å². The Bertz CT molecular complexity index is 398. The van der Waals surface area contributed by atoms with E-state index in [9.17, 15) is 10.2 Å². The van der Waals surface area contributed by atoms with Crippen LogP contribution in [0.3, 0.4) is 0 Å². The van der Waals surface area contributed by atoms with Crippen molar-refractivity contribution in [2.45, 2.75) is 31.8 Å². The van der Waals surface area contributed by atoms with Gasteiger partial charge in [0.15, 0.2) is 0 Å². The zero-order valence-electron chi connectivity index (χ0n) is 11.0. The van der Waals surface area contributed by atoms with E-state index in [1.807, 2.05) is 14.0 Å². The standard InChI is InChI=1S/C14H22N2O2/c1-9(14-12(17)4-3-5-13(14)18)16(2)11(8-15)10-6-7-10/h3-5,9-11,17-18H,6-8,15H2,1-2H3. The first kappa shape index (κ1) is 13.2. The van der Waals surface area contributed by atoms with Gasteiger partial charge in [-0.1, -0.05) is 6.07 Å². The molecule has 0 aliphatic heterocycles. The number of nitrogens with two attached hydrogens (primary N) is 1.